The van der Waals surface area contributed by atoms with Crippen LogP contribution in [-0.4, -0.2) is 36.6 Å². The molecule has 1 aliphatic heterocycles. The first-order valence-electron chi connectivity index (χ1n) is 9.81. The molecule has 0 bridgehead atoms. The highest BCUT2D eigenvalue weighted by Gasteiger charge is 2.28. The zero-order valence-electron chi connectivity index (χ0n) is 16.4. The average Bonchev–Trinajstić information content (AvgIpc) is 3.01. The minimum absolute atomic E-state index is 0.0536. The molecule has 28 heavy (non-hydrogen) atoms. The van der Waals surface area contributed by atoms with E-state index in [0.717, 1.165) is 60.2 Å². The number of methoxy groups -OCH3 is 2. The molecule has 0 unspecified atom stereocenters. The van der Waals surface area contributed by atoms with E-state index in [1.54, 1.807) is 14.2 Å². The minimum Gasteiger partial charge on any atom is -0.497 e. The van der Waals surface area contributed by atoms with Gasteiger partial charge in [0, 0.05) is 23.5 Å². The molecule has 5 heteroatoms. The van der Waals surface area contributed by atoms with Gasteiger partial charge in [0.05, 0.1) is 20.3 Å². The zero-order chi connectivity index (χ0) is 19.5. The molecular formula is C23H26N2O3. The van der Waals surface area contributed by atoms with E-state index in [1.165, 1.54) is 0 Å². The molecule has 5 nitrogen and oxygen atoms in total. The van der Waals surface area contributed by atoms with Gasteiger partial charge in [-0.1, -0.05) is 25.0 Å². The molecule has 1 fully saturated rings. The van der Waals surface area contributed by atoms with Crippen LogP contribution in [0.25, 0.3) is 10.9 Å². The molecule has 146 valence electrons. The van der Waals surface area contributed by atoms with Crippen LogP contribution in [0.15, 0.2) is 48.5 Å². The molecule has 1 aliphatic rings. The van der Waals surface area contributed by atoms with E-state index in [-0.39, 0.29) is 11.9 Å². The Morgan fingerprint density at radius 3 is 2.46 bits per heavy atom. The smallest absolute Gasteiger partial charge is 0.270 e. The van der Waals surface area contributed by atoms with E-state index in [4.69, 9.17) is 9.47 Å². The van der Waals surface area contributed by atoms with E-state index in [0.29, 0.717) is 5.69 Å². The Morgan fingerprint density at radius 2 is 1.71 bits per heavy atom. The molecule has 1 atom stereocenters. The number of amides is 1. The van der Waals surface area contributed by atoms with Gasteiger partial charge in [0.2, 0.25) is 0 Å². The van der Waals surface area contributed by atoms with Crippen molar-refractivity contribution < 1.29 is 14.3 Å². The van der Waals surface area contributed by atoms with Crippen molar-refractivity contribution in [2.45, 2.75) is 31.7 Å². The minimum atomic E-state index is 0.0536. The predicted molar refractivity (Wildman–Crippen MR) is 110 cm³/mol. The molecule has 0 saturated carbocycles. The van der Waals surface area contributed by atoms with Crippen molar-refractivity contribution in [1.82, 2.24) is 9.88 Å². The Kier molecular flexibility index (Phi) is 5.24. The van der Waals surface area contributed by atoms with Crippen molar-refractivity contribution in [2.75, 3.05) is 20.8 Å². The number of hydrogen-bond donors (Lipinski definition) is 1. The lowest BCUT2D eigenvalue weighted by molar-refractivity contribution is 0.0676. The fourth-order valence-corrected chi connectivity index (χ4v) is 4.03. The third-order valence-corrected chi connectivity index (χ3v) is 5.57. The zero-order valence-corrected chi connectivity index (χ0v) is 16.4. The number of carbonyl (C=O) groups is 1. The molecule has 1 aromatic heterocycles. The summed E-state index contributed by atoms with van der Waals surface area (Å²) in [6.07, 6.45) is 4.29. The van der Waals surface area contributed by atoms with Crippen molar-refractivity contribution in [2.24, 2.45) is 0 Å². The normalized spacial score (nSPS) is 17.4. The second kappa shape index (κ2) is 7.97. The van der Waals surface area contributed by atoms with Gasteiger partial charge >= 0.3 is 0 Å². The van der Waals surface area contributed by atoms with Crippen molar-refractivity contribution in [3.63, 3.8) is 0 Å². The number of carbonyl (C=O) groups excluding carboxylic acids is 1. The molecule has 1 saturated heterocycles. The highest BCUT2D eigenvalue weighted by molar-refractivity contribution is 5.98. The van der Waals surface area contributed by atoms with Crippen LogP contribution in [0.3, 0.4) is 0 Å². The number of fused-ring (bicyclic) bond motifs is 1. The van der Waals surface area contributed by atoms with Gasteiger partial charge in [-0.3, -0.25) is 4.79 Å². The summed E-state index contributed by atoms with van der Waals surface area (Å²) in [6, 6.07) is 15.9. The van der Waals surface area contributed by atoms with Crippen molar-refractivity contribution in [3.05, 3.63) is 59.8 Å². The number of rotatable bonds is 4. The molecule has 0 radical (unpaired) electrons. The summed E-state index contributed by atoms with van der Waals surface area (Å²) in [7, 11) is 3.31. The summed E-state index contributed by atoms with van der Waals surface area (Å²) in [5, 5.41) is 1.01. The largest absolute Gasteiger partial charge is 0.497 e. The number of H-pyrrole nitrogens is 1. The average molecular weight is 378 g/mol. The molecule has 0 aliphatic carbocycles. The lowest BCUT2D eigenvalue weighted by Gasteiger charge is -2.30. The summed E-state index contributed by atoms with van der Waals surface area (Å²) >= 11 is 0. The Hall–Kier alpha value is -2.95. The van der Waals surface area contributed by atoms with E-state index in [1.807, 2.05) is 41.3 Å². The number of nitrogens with zero attached hydrogens (tertiary/aromatic N) is 1. The first-order chi connectivity index (χ1) is 13.7. The van der Waals surface area contributed by atoms with Gasteiger partial charge in [-0.25, -0.2) is 0 Å². The number of aromatic amines is 1. The van der Waals surface area contributed by atoms with E-state index in [9.17, 15) is 4.79 Å². The third-order valence-electron chi connectivity index (χ3n) is 5.57. The quantitative estimate of drug-likeness (QED) is 0.699. The molecule has 2 aromatic carbocycles. The monoisotopic (exact) mass is 378 g/mol. The Bertz CT molecular complexity index is 962. The van der Waals surface area contributed by atoms with Gasteiger partial charge in [-0.05, 0) is 48.7 Å². The van der Waals surface area contributed by atoms with Crippen LogP contribution < -0.4 is 9.47 Å². The van der Waals surface area contributed by atoms with E-state index in [2.05, 4.69) is 17.1 Å². The van der Waals surface area contributed by atoms with Gasteiger partial charge < -0.3 is 19.4 Å². The van der Waals surface area contributed by atoms with Crippen molar-refractivity contribution in [1.29, 1.82) is 0 Å². The SMILES string of the molecule is COc1ccc([C@@H]2CCCCCN2C(=O)c2cc3ccc(OC)cc3[nH]2)cc1. The number of nitrogens with one attached hydrogen (secondary N) is 1. The summed E-state index contributed by atoms with van der Waals surface area (Å²) in [4.78, 5) is 18.7. The molecule has 4 rings (SSSR count). The summed E-state index contributed by atoms with van der Waals surface area (Å²) in [6.45, 7) is 0.772. The van der Waals surface area contributed by atoms with Crippen LogP contribution in [0.4, 0.5) is 0 Å². The van der Waals surface area contributed by atoms with Gasteiger partial charge in [0.25, 0.3) is 5.91 Å². The number of aromatic nitrogens is 1. The first kappa shape index (κ1) is 18.4. The number of benzene rings is 2. The van der Waals surface area contributed by atoms with Crippen LogP contribution in [0.5, 0.6) is 11.5 Å². The van der Waals surface area contributed by atoms with Gasteiger partial charge in [0.1, 0.15) is 17.2 Å². The van der Waals surface area contributed by atoms with Crippen LogP contribution in [0.1, 0.15) is 47.8 Å². The lowest BCUT2D eigenvalue weighted by atomic mass is 10.0. The fraction of sp³-hybridized carbons (Fsp3) is 0.348. The van der Waals surface area contributed by atoms with Gasteiger partial charge in [-0.15, -0.1) is 0 Å². The molecular weight excluding hydrogens is 352 g/mol. The maximum atomic E-state index is 13.4. The maximum absolute atomic E-state index is 13.4. The Balaban J connectivity index is 1.66. The second-order valence-corrected chi connectivity index (χ2v) is 7.27. The summed E-state index contributed by atoms with van der Waals surface area (Å²) < 4.78 is 10.6. The number of ether oxygens (including phenoxy) is 2. The number of hydrogen-bond acceptors (Lipinski definition) is 3. The van der Waals surface area contributed by atoms with Crippen molar-refractivity contribution >= 4 is 16.8 Å². The topological polar surface area (TPSA) is 54.6 Å². The van der Waals surface area contributed by atoms with E-state index >= 15 is 0 Å². The predicted octanol–water partition coefficient (Wildman–Crippen LogP) is 4.94. The van der Waals surface area contributed by atoms with Crippen LogP contribution >= 0.6 is 0 Å². The van der Waals surface area contributed by atoms with Crippen LogP contribution in [0, 0.1) is 0 Å². The highest BCUT2D eigenvalue weighted by atomic mass is 16.5. The molecule has 0 spiro atoms. The van der Waals surface area contributed by atoms with Gasteiger partial charge in [0.15, 0.2) is 0 Å². The Morgan fingerprint density at radius 1 is 0.964 bits per heavy atom. The standard InChI is InChI=1S/C23H26N2O3/c1-27-18-10-7-16(8-11-18)22-6-4-3-5-13-25(22)23(26)21-14-17-9-12-19(28-2)15-20(17)24-21/h7-12,14-15,22,24H,3-6,13H2,1-2H3/t22-/m0/s1. The molecule has 2 heterocycles. The first-order valence-corrected chi connectivity index (χ1v) is 9.81. The highest BCUT2D eigenvalue weighted by Crippen LogP contribution is 2.33. The van der Waals surface area contributed by atoms with Crippen LogP contribution in [-0.2, 0) is 0 Å². The van der Waals surface area contributed by atoms with Crippen LogP contribution in [0.2, 0.25) is 0 Å². The number of likely N-dealkylation sites (tertiary alicyclic amines) is 1. The summed E-state index contributed by atoms with van der Waals surface area (Å²) in [5.74, 6) is 1.66. The Labute approximate surface area is 165 Å². The summed E-state index contributed by atoms with van der Waals surface area (Å²) in [5.41, 5.74) is 2.70. The maximum Gasteiger partial charge on any atom is 0.270 e. The fourth-order valence-electron chi connectivity index (χ4n) is 4.03. The molecule has 1 amide bonds. The lowest BCUT2D eigenvalue weighted by Crippen LogP contribution is -2.35. The molecule has 1 N–H and O–H groups in total. The molecule has 3 aromatic rings. The third kappa shape index (κ3) is 3.57. The van der Waals surface area contributed by atoms with Crippen molar-refractivity contribution in [3.8, 4) is 11.5 Å². The van der Waals surface area contributed by atoms with Gasteiger partial charge in [-0.2, -0.15) is 0 Å². The van der Waals surface area contributed by atoms with E-state index < -0.39 is 0 Å². The second-order valence-electron chi connectivity index (χ2n) is 7.27.